The third-order valence-corrected chi connectivity index (χ3v) is 9.05. The molecule has 278 valence electrons. The van der Waals surface area contributed by atoms with Crippen molar-refractivity contribution < 1.29 is 0 Å². The predicted octanol–water partition coefficient (Wildman–Crippen LogP) is 12.2. The van der Waals surface area contributed by atoms with Crippen LogP contribution in [0.1, 0.15) is 5.56 Å². The van der Waals surface area contributed by atoms with Gasteiger partial charge in [0.2, 0.25) is 0 Å². The first kappa shape index (κ1) is 37.1. The lowest BCUT2D eigenvalue weighted by molar-refractivity contribution is 1.43. The van der Waals surface area contributed by atoms with E-state index in [0.29, 0.717) is 0 Å². The van der Waals surface area contributed by atoms with Crippen LogP contribution in [-0.4, -0.2) is 52.7 Å². The maximum absolute atomic E-state index is 4.78. The standard InChI is InChI=1S/C50H38N8/c1-35-3-5-37(6-4-35)52-39-11-13-41(14-12-39)54-43-19-21-45(22-20-43)56-47-27-29-49(30-28-47)58-50-33-31-48(32-34-50)57-46-25-23-44(24-26-46)55-42-17-15-40(16-18-42)53-38-9-7-36(51-2)8-10-38/h3-34H,1-2H3. The van der Waals surface area contributed by atoms with Gasteiger partial charge in [-0.3, -0.25) is 4.99 Å². The molecule has 8 rings (SSSR count). The van der Waals surface area contributed by atoms with Crippen LogP contribution in [0.4, 0.5) is 39.8 Å². The highest BCUT2D eigenvalue weighted by Crippen LogP contribution is 2.24. The van der Waals surface area contributed by atoms with Crippen molar-refractivity contribution in [3.8, 4) is 0 Å². The van der Waals surface area contributed by atoms with Crippen molar-refractivity contribution in [3.63, 3.8) is 0 Å². The van der Waals surface area contributed by atoms with Gasteiger partial charge in [-0.1, -0.05) is 17.7 Å². The van der Waals surface area contributed by atoms with E-state index in [1.165, 1.54) is 5.56 Å². The van der Waals surface area contributed by atoms with Gasteiger partial charge in [0.05, 0.1) is 85.5 Å². The number of hydrogen-bond acceptors (Lipinski definition) is 8. The largest absolute Gasteiger partial charge is 0.289 e. The van der Waals surface area contributed by atoms with Gasteiger partial charge in [-0.05, 0) is 189 Å². The third-order valence-electron chi connectivity index (χ3n) is 9.05. The van der Waals surface area contributed by atoms with E-state index in [4.69, 9.17) is 25.0 Å². The molecule has 4 aromatic carbocycles. The molecular weight excluding hydrogens is 713 g/mol. The van der Waals surface area contributed by atoms with Gasteiger partial charge in [-0.25, -0.2) is 34.9 Å². The first-order chi connectivity index (χ1) is 28.5. The minimum Gasteiger partial charge on any atom is -0.289 e. The molecule has 0 saturated carbocycles. The summed E-state index contributed by atoms with van der Waals surface area (Å²) >= 11 is 0. The van der Waals surface area contributed by atoms with E-state index >= 15 is 0 Å². The van der Waals surface area contributed by atoms with Gasteiger partial charge < -0.3 is 0 Å². The molecule has 0 fully saturated rings. The van der Waals surface area contributed by atoms with Crippen molar-refractivity contribution in [3.05, 3.63) is 200 Å². The van der Waals surface area contributed by atoms with Crippen molar-refractivity contribution in [1.82, 2.24) is 0 Å². The third kappa shape index (κ3) is 10.3. The summed E-state index contributed by atoms with van der Waals surface area (Å²) in [6, 6.07) is 31.8. The molecule has 0 aliphatic heterocycles. The lowest BCUT2D eigenvalue weighted by atomic mass is 10.1. The van der Waals surface area contributed by atoms with Crippen molar-refractivity contribution in [2.45, 2.75) is 6.92 Å². The predicted molar refractivity (Wildman–Crippen MR) is 247 cm³/mol. The molecule has 0 spiro atoms. The highest BCUT2D eigenvalue weighted by molar-refractivity contribution is 6.21. The van der Waals surface area contributed by atoms with Crippen molar-refractivity contribution in [1.29, 1.82) is 0 Å². The molecule has 0 bridgehead atoms. The molecule has 0 amide bonds. The van der Waals surface area contributed by atoms with Crippen molar-refractivity contribution >= 4 is 85.5 Å². The highest BCUT2D eigenvalue weighted by atomic mass is 14.8. The van der Waals surface area contributed by atoms with Crippen molar-refractivity contribution in [2.75, 3.05) is 7.05 Å². The first-order valence-electron chi connectivity index (χ1n) is 18.9. The Morgan fingerprint density at radius 1 is 0.224 bits per heavy atom. The summed E-state index contributed by atoms with van der Waals surface area (Å²) in [5, 5.41) is 0. The normalized spacial score (nSPS) is 15.3. The second-order valence-corrected chi connectivity index (χ2v) is 13.5. The van der Waals surface area contributed by atoms with E-state index in [2.05, 4.69) is 34.0 Å². The van der Waals surface area contributed by atoms with Gasteiger partial charge >= 0.3 is 0 Å². The molecule has 0 radical (unpaired) electrons. The average molecular weight is 751 g/mol. The second kappa shape index (κ2) is 17.7. The van der Waals surface area contributed by atoms with E-state index in [9.17, 15) is 0 Å². The summed E-state index contributed by atoms with van der Waals surface area (Å²) < 4.78 is 0. The first-order valence-corrected chi connectivity index (χ1v) is 18.9. The van der Waals surface area contributed by atoms with Crippen LogP contribution in [0.5, 0.6) is 0 Å². The van der Waals surface area contributed by atoms with E-state index < -0.39 is 0 Å². The smallest absolute Gasteiger partial charge is 0.0638 e. The number of hydrogen-bond donors (Lipinski definition) is 0. The molecular formula is C50H38N8. The summed E-state index contributed by atoms with van der Waals surface area (Å²) in [6.45, 7) is 2.07. The molecule has 0 N–H and O–H groups in total. The van der Waals surface area contributed by atoms with Crippen LogP contribution >= 0.6 is 0 Å². The Morgan fingerprint density at radius 2 is 0.379 bits per heavy atom. The zero-order valence-corrected chi connectivity index (χ0v) is 32.1. The Kier molecular flexibility index (Phi) is 11.4. The molecule has 0 unspecified atom stereocenters. The maximum Gasteiger partial charge on any atom is 0.0638 e. The van der Waals surface area contributed by atoms with Gasteiger partial charge in [-0.15, -0.1) is 0 Å². The van der Waals surface area contributed by atoms with Gasteiger partial charge in [0.1, 0.15) is 0 Å². The second-order valence-electron chi connectivity index (χ2n) is 13.5. The Labute approximate surface area is 338 Å². The Bertz CT molecular complexity index is 2640. The molecule has 4 aliphatic carbocycles. The Balaban J connectivity index is 0.823. The molecule has 4 aliphatic rings. The van der Waals surface area contributed by atoms with E-state index in [1.54, 1.807) is 7.05 Å². The van der Waals surface area contributed by atoms with Gasteiger partial charge in [0.25, 0.3) is 0 Å². The number of aryl methyl sites for hydroxylation is 1. The van der Waals surface area contributed by atoms with Gasteiger partial charge in [-0.2, -0.15) is 0 Å². The van der Waals surface area contributed by atoms with Crippen LogP contribution < -0.4 is 0 Å². The monoisotopic (exact) mass is 750 g/mol. The highest BCUT2D eigenvalue weighted by Gasteiger charge is 2.05. The van der Waals surface area contributed by atoms with Crippen molar-refractivity contribution in [2.24, 2.45) is 39.9 Å². The fraction of sp³-hybridized carbons (Fsp3) is 0.0400. The van der Waals surface area contributed by atoms with Gasteiger partial charge in [0.15, 0.2) is 0 Å². The number of allylic oxidation sites excluding steroid dienone is 16. The lowest BCUT2D eigenvalue weighted by Gasteiger charge is -2.05. The molecule has 0 aromatic heterocycles. The summed E-state index contributed by atoms with van der Waals surface area (Å²) in [6.07, 6.45) is 31.5. The molecule has 4 aromatic rings. The fourth-order valence-electron chi connectivity index (χ4n) is 5.95. The summed E-state index contributed by atoms with van der Waals surface area (Å²) in [7, 11) is 1.78. The topological polar surface area (TPSA) is 98.9 Å². The lowest BCUT2D eigenvalue weighted by Crippen LogP contribution is -1.99. The molecule has 8 nitrogen and oxygen atoms in total. The van der Waals surface area contributed by atoms with Crippen LogP contribution in [0.3, 0.4) is 0 Å². The molecule has 0 saturated heterocycles. The Morgan fingerprint density at radius 3 is 0.552 bits per heavy atom. The van der Waals surface area contributed by atoms with E-state index in [-0.39, 0.29) is 0 Å². The fourth-order valence-corrected chi connectivity index (χ4v) is 5.95. The van der Waals surface area contributed by atoms with Crippen LogP contribution in [0.15, 0.2) is 234 Å². The quantitative estimate of drug-likeness (QED) is 0.168. The number of aliphatic imine (C=N–C) groups is 8. The maximum atomic E-state index is 4.78. The SMILES string of the molecule is CN=C1C=CC(=Nc2ccc(N=C3C=CC(=Nc4ccc(N=C5C=CC(=Nc6ccc(N=C7C=CC(=Nc8ccc(C)cc8)C=C7)cc6)C=C5)cc4)C=C3)cc2)C=C1. The number of rotatable bonds is 7. The summed E-state index contributed by atoms with van der Waals surface area (Å²) in [4.78, 5) is 37.3. The van der Waals surface area contributed by atoms with Gasteiger partial charge in [0, 0.05) is 7.05 Å². The van der Waals surface area contributed by atoms with E-state index in [0.717, 1.165) is 85.5 Å². The zero-order chi connectivity index (χ0) is 39.5. The summed E-state index contributed by atoms with van der Waals surface area (Å²) in [5.41, 5.74) is 14.2. The minimum absolute atomic E-state index is 0.844. The van der Waals surface area contributed by atoms with Crippen LogP contribution in [0.25, 0.3) is 0 Å². The summed E-state index contributed by atoms with van der Waals surface area (Å²) in [5.74, 6) is 0. The zero-order valence-electron chi connectivity index (χ0n) is 32.1. The van der Waals surface area contributed by atoms with Crippen LogP contribution in [-0.2, 0) is 0 Å². The average Bonchev–Trinajstić information content (AvgIpc) is 3.26. The van der Waals surface area contributed by atoms with E-state index in [1.807, 2.05) is 182 Å². The molecule has 0 heterocycles. The van der Waals surface area contributed by atoms with Crippen LogP contribution in [0, 0.1) is 6.92 Å². The van der Waals surface area contributed by atoms with Crippen LogP contribution in [0.2, 0.25) is 0 Å². The minimum atomic E-state index is 0.844. The Hall–Kier alpha value is -7.84. The molecule has 58 heavy (non-hydrogen) atoms. The molecule has 8 heteroatoms. The number of nitrogens with zero attached hydrogens (tertiary/aromatic N) is 8. The number of benzene rings is 4. The molecule has 0 atom stereocenters.